The highest BCUT2D eigenvalue weighted by molar-refractivity contribution is 8.00. The second kappa shape index (κ2) is 6.68. The highest BCUT2D eigenvalue weighted by Crippen LogP contribution is 2.32. The lowest BCUT2D eigenvalue weighted by Gasteiger charge is -2.26. The summed E-state index contributed by atoms with van der Waals surface area (Å²) in [6.45, 7) is 0.534. The Morgan fingerprint density at radius 2 is 2.13 bits per heavy atom. The third kappa shape index (κ3) is 2.96. The minimum absolute atomic E-state index is 0.139. The number of halogens is 1. The number of carbonyl (C=O) groups is 1. The second-order valence-electron chi connectivity index (χ2n) is 5.35. The van der Waals surface area contributed by atoms with E-state index in [1.54, 1.807) is 29.5 Å². The normalized spacial score (nSPS) is 16.0. The summed E-state index contributed by atoms with van der Waals surface area (Å²) in [5, 5.41) is 9.73. The second-order valence-corrected chi connectivity index (χ2v) is 6.33. The summed E-state index contributed by atoms with van der Waals surface area (Å²) in [6, 6.07) is 9.78. The van der Waals surface area contributed by atoms with Crippen LogP contribution in [0.1, 0.15) is 17.2 Å². The number of rotatable bonds is 4. The van der Waals surface area contributed by atoms with Crippen LogP contribution in [0.25, 0.3) is 0 Å². The van der Waals surface area contributed by atoms with Gasteiger partial charge in [0.1, 0.15) is 23.0 Å². The van der Waals surface area contributed by atoms with E-state index in [2.05, 4.69) is 4.98 Å². The third-order valence-electron chi connectivity index (χ3n) is 4.00. The van der Waals surface area contributed by atoms with Gasteiger partial charge in [-0.05, 0) is 30.4 Å². The van der Waals surface area contributed by atoms with Crippen molar-refractivity contribution >= 4 is 23.5 Å². The standard InChI is InChI=1S/C17H17FN2O2S/c1-23-15(14(21)12-6-2-3-7-13(12)18)17(22)20-10-8-11-5-4-9-19-16(11)20/h2-7,9,14-15,21H,8,10H2,1H3/t14-,15-/m1/s1. The molecule has 0 spiro atoms. The van der Waals surface area contributed by atoms with Gasteiger partial charge in [-0.2, -0.15) is 0 Å². The molecule has 0 radical (unpaired) electrons. The van der Waals surface area contributed by atoms with Gasteiger partial charge in [-0.3, -0.25) is 9.69 Å². The van der Waals surface area contributed by atoms with Gasteiger partial charge < -0.3 is 5.11 Å². The van der Waals surface area contributed by atoms with E-state index in [0.717, 1.165) is 12.0 Å². The Morgan fingerprint density at radius 3 is 2.87 bits per heavy atom. The average Bonchev–Trinajstić information content (AvgIpc) is 2.99. The zero-order valence-corrected chi connectivity index (χ0v) is 13.5. The molecule has 0 unspecified atom stereocenters. The van der Waals surface area contributed by atoms with Crippen molar-refractivity contribution in [1.29, 1.82) is 0 Å². The monoisotopic (exact) mass is 332 g/mol. The Balaban J connectivity index is 1.87. The highest BCUT2D eigenvalue weighted by atomic mass is 32.2. The molecule has 6 heteroatoms. The van der Waals surface area contributed by atoms with Crippen molar-refractivity contribution in [2.45, 2.75) is 17.8 Å². The molecule has 0 saturated carbocycles. The molecule has 1 aromatic heterocycles. The molecule has 2 aromatic rings. The van der Waals surface area contributed by atoms with Crippen LogP contribution < -0.4 is 4.90 Å². The molecule has 23 heavy (non-hydrogen) atoms. The first kappa shape index (κ1) is 16.0. The van der Waals surface area contributed by atoms with Gasteiger partial charge >= 0.3 is 0 Å². The Hall–Kier alpha value is -1.92. The maximum absolute atomic E-state index is 13.9. The molecule has 1 aliphatic rings. The number of anilines is 1. The summed E-state index contributed by atoms with van der Waals surface area (Å²) in [5.74, 6) is -0.116. The van der Waals surface area contributed by atoms with E-state index in [9.17, 15) is 14.3 Å². The Labute approximate surface area is 138 Å². The molecular formula is C17H17FN2O2S. The van der Waals surface area contributed by atoms with Gasteiger partial charge in [0.15, 0.2) is 0 Å². The first-order valence-corrected chi connectivity index (χ1v) is 8.63. The number of amides is 1. The van der Waals surface area contributed by atoms with E-state index in [1.807, 2.05) is 12.1 Å². The summed E-state index contributed by atoms with van der Waals surface area (Å²) < 4.78 is 13.9. The van der Waals surface area contributed by atoms with Crippen LogP contribution in [0.4, 0.5) is 10.2 Å². The third-order valence-corrected chi connectivity index (χ3v) is 4.97. The fourth-order valence-electron chi connectivity index (χ4n) is 2.82. The number of aliphatic hydroxyl groups excluding tert-OH is 1. The molecule has 120 valence electrons. The van der Waals surface area contributed by atoms with Crippen LogP contribution >= 0.6 is 11.8 Å². The van der Waals surface area contributed by atoms with E-state index >= 15 is 0 Å². The minimum atomic E-state index is -1.20. The SMILES string of the molecule is CS[C@@H](C(=O)N1CCc2cccnc21)[C@H](O)c1ccccc1F. The van der Waals surface area contributed by atoms with Gasteiger partial charge in [0.25, 0.3) is 0 Å². The molecule has 1 amide bonds. The van der Waals surface area contributed by atoms with E-state index in [1.165, 1.54) is 23.9 Å². The first-order chi connectivity index (χ1) is 11.1. The number of benzene rings is 1. The van der Waals surface area contributed by atoms with Crippen molar-refractivity contribution in [3.05, 3.63) is 59.5 Å². The largest absolute Gasteiger partial charge is 0.387 e. The predicted octanol–water partition coefficient (Wildman–Crippen LogP) is 2.58. The van der Waals surface area contributed by atoms with Crippen LogP contribution in [0.3, 0.4) is 0 Å². The van der Waals surface area contributed by atoms with Gasteiger partial charge in [-0.1, -0.05) is 24.3 Å². The smallest absolute Gasteiger partial charge is 0.244 e. The fourth-order valence-corrected chi connectivity index (χ4v) is 3.55. The van der Waals surface area contributed by atoms with E-state index in [4.69, 9.17) is 0 Å². The Kier molecular flexibility index (Phi) is 4.63. The number of carbonyl (C=O) groups excluding carboxylic acids is 1. The summed E-state index contributed by atoms with van der Waals surface area (Å²) in [6.07, 6.45) is 2.92. The predicted molar refractivity (Wildman–Crippen MR) is 89.0 cm³/mol. The molecule has 2 atom stereocenters. The molecule has 0 saturated heterocycles. The number of fused-ring (bicyclic) bond motifs is 1. The van der Waals surface area contributed by atoms with Gasteiger partial charge in [0.05, 0.1) is 0 Å². The van der Waals surface area contributed by atoms with E-state index in [0.29, 0.717) is 12.4 Å². The zero-order chi connectivity index (χ0) is 16.4. The topological polar surface area (TPSA) is 53.4 Å². The molecule has 1 N–H and O–H groups in total. The van der Waals surface area contributed by atoms with Crippen molar-refractivity contribution in [3.8, 4) is 0 Å². The number of hydrogen-bond donors (Lipinski definition) is 1. The lowest BCUT2D eigenvalue weighted by atomic mass is 10.0. The van der Waals surface area contributed by atoms with Gasteiger partial charge in [-0.15, -0.1) is 11.8 Å². The van der Waals surface area contributed by atoms with Crippen LogP contribution in [0, 0.1) is 5.82 Å². The molecule has 3 rings (SSSR count). The maximum Gasteiger partial charge on any atom is 0.244 e. The van der Waals surface area contributed by atoms with E-state index in [-0.39, 0.29) is 11.5 Å². The van der Waals surface area contributed by atoms with E-state index < -0.39 is 17.2 Å². The van der Waals surface area contributed by atoms with Gasteiger partial charge in [0, 0.05) is 18.3 Å². The molecule has 4 nitrogen and oxygen atoms in total. The molecule has 1 aromatic carbocycles. The Morgan fingerprint density at radius 1 is 1.35 bits per heavy atom. The zero-order valence-electron chi connectivity index (χ0n) is 12.6. The summed E-state index contributed by atoms with van der Waals surface area (Å²) >= 11 is 1.22. The lowest BCUT2D eigenvalue weighted by Crippen LogP contribution is -2.40. The van der Waals surface area contributed by atoms with Crippen LogP contribution in [0.5, 0.6) is 0 Å². The van der Waals surface area contributed by atoms with Crippen molar-refractivity contribution < 1.29 is 14.3 Å². The maximum atomic E-state index is 13.9. The van der Waals surface area contributed by atoms with Crippen LogP contribution in [0.15, 0.2) is 42.6 Å². The van der Waals surface area contributed by atoms with Crippen LogP contribution in [0.2, 0.25) is 0 Å². The van der Waals surface area contributed by atoms with Gasteiger partial charge in [-0.25, -0.2) is 9.37 Å². The molecule has 0 aliphatic carbocycles. The average molecular weight is 332 g/mol. The van der Waals surface area contributed by atoms with Crippen molar-refractivity contribution in [2.24, 2.45) is 0 Å². The number of hydrogen-bond acceptors (Lipinski definition) is 4. The molecule has 2 heterocycles. The lowest BCUT2D eigenvalue weighted by molar-refractivity contribution is -0.119. The summed E-state index contributed by atoms with van der Waals surface area (Å²) in [5.41, 5.74) is 1.15. The first-order valence-electron chi connectivity index (χ1n) is 7.34. The number of aromatic nitrogens is 1. The molecule has 1 aliphatic heterocycles. The van der Waals surface area contributed by atoms with Crippen molar-refractivity contribution in [3.63, 3.8) is 0 Å². The summed E-state index contributed by atoms with van der Waals surface area (Å²) in [4.78, 5) is 18.7. The summed E-state index contributed by atoms with van der Waals surface area (Å²) in [7, 11) is 0. The van der Waals surface area contributed by atoms with Crippen LogP contribution in [-0.2, 0) is 11.2 Å². The molecule has 0 fully saturated rings. The number of aliphatic hydroxyl groups is 1. The van der Waals surface area contributed by atoms with Crippen LogP contribution in [-0.4, -0.2) is 34.0 Å². The number of pyridine rings is 1. The number of thioether (sulfide) groups is 1. The minimum Gasteiger partial charge on any atom is -0.387 e. The quantitative estimate of drug-likeness (QED) is 0.935. The number of nitrogens with zero attached hydrogens (tertiary/aromatic N) is 2. The van der Waals surface area contributed by atoms with Crippen molar-refractivity contribution in [2.75, 3.05) is 17.7 Å². The highest BCUT2D eigenvalue weighted by Gasteiger charge is 2.36. The molecular weight excluding hydrogens is 315 g/mol. The Bertz CT molecular complexity index is 725. The van der Waals surface area contributed by atoms with Gasteiger partial charge in [0.2, 0.25) is 5.91 Å². The fraction of sp³-hybridized carbons (Fsp3) is 0.294. The molecule has 0 bridgehead atoms. The van der Waals surface area contributed by atoms with Crippen molar-refractivity contribution in [1.82, 2.24) is 4.98 Å².